The number of aliphatic hydroxyl groups excluding tert-OH is 1. The summed E-state index contributed by atoms with van der Waals surface area (Å²) >= 11 is 0. The second-order valence-electron chi connectivity index (χ2n) is 4.94. The van der Waals surface area contributed by atoms with Crippen molar-refractivity contribution >= 4 is 17.0 Å². The van der Waals surface area contributed by atoms with Gasteiger partial charge < -0.3 is 9.84 Å². The van der Waals surface area contributed by atoms with Crippen LogP contribution in [-0.4, -0.2) is 34.5 Å². The van der Waals surface area contributed by atoms with E-state index in [1.807, 2.05) is 19.1 Å². The van der Waals surface area contributed by atoms with Gasteiger partial charge >= 0.3 is 5.97 Å². The Bertz CT molecular complexity index is 473. The number of carbonyl (C=O) groups excluding carboxylic acids is 1. The summed E-state index contributed by atoms with van der Waals surface area (Å²) in [5.74, 6) is -0.798. The van der Waals surface area contributed by atoms with Gasteiger partial charge in [0.15, 0.2) is 0 Å². The fourth-order valence-electron chi connectivity index (χ4n) is 1.61. The molecule has 6 heteroatoms. The van der Waals surface area contributed by atoms with Gasteiger partial charge in [-0.3, -0.25) is 4.79 Å². The molecule has 1 aromatic carbocycles. The largest absolute Gasteiger partial charge is 0.468 e. The summed E-state index contributed by atoms with van der Waals surface area (Å²) in [5, 5.41) is 10.0. The number of aliphatic hydroxyl groups is 1. The highest BCUT2D eigenvalue weighted by Crippen LogP contribution is 2.12. The second kappa shape index (κ2) is 7.52. The van der Waals surface area contributed by atoms with Gasteiger partial charge in [0.05, 0.1) is 18.1 Å². The fourth-order valence-corrected chi connectivity index (χ4v) is 2.60. The summed E-state index contributed by atoms with van der Waals surface area (Å²) in [6.45, 7) is 5.48. The maximum atomic E-state index is 12.2. The molecule has 0 aliphatic rings. The van der Waals surface area contributed by atoms with Gasteiger partial charge in [0.25, 0.3) is 0 Å². The van der Waals surface area contributed by atoms with Crippen LogP contribution in [0.1, 0.15) is 19.4 Å². The number of benzene rings is 1. The minimum atomic E-state index is -1.59. The van der Waals surface area contributed by atoms with E-state index in [1.165, 1.54) is 7.11 Å². The van der Waals surface area contributed by atoms with E-state index in [4.69, 9.17) is 0 Å². The van der Waals surface area contributed by atoms with Gasteiger partial charge in [0.2, 0.25) is 0 Å². The molecular weight excluding hydrogens is 278 g/mol. The van der Waals surface area contributed by atoms with E-state index in [0.29, 0.717) is 4.90 Å². The summed E-state index contributed by atoms with van der Waals surface area (Å²) < 4.78 is 19.5. The van der Waals surface area contributed by atoms with Crippen LogP contribution in [0.25, 0.3) is 0 Å². The summed E-state index contributed by atoms with van der Waals surface area (Å²) in [5.41, 5.74) is 1.05. The number of aryl methyl sites for hydroxylation is 1. The Kier molecular flexibility index (Phi) is 6.32. The van der Waals surface area contributed by atoms with E-state index in [2.05, 4.69) is 9.46 Å². The highest BCUT2D eigenvalue weighted by atomic mass is 32.2. The Morgan fingerprint density at radius 2 is 1.85 bits per heavy atom. The van der Waals surface area contributed by atoms with Crippen LogP contribution in [0.3, 0.4) is 0 Å². The third kappa shape index (κ3) is 4.40. The van der Waals surface area contributed by atoms with Crippen LogP contribution in [0.15, 0.2) is 29.2 Å². The number of esters is 1. The summed E-state index contributed by atoms with van der Waals surface area (Å²) in [6, 6.07) is 6.08. The predicted molar refractivity (Wildman–Crippen MR) is 77.4 cm³/mol. The molecule has 0 aliphatic carbocycles. The molecule has 0 spiro atoms. The van der Waals surface area contributed by atoms with Gasteiger partial charge in [-0.2, -0.15) is 0 Å². The first-order valence-corrected chi connectivity index (χ1v) is 7.52. The van der Waals surface area contributed by atoms with Crippen molar-refractivity contribution in [3.63, 3.8) is 0 Å². The standard InChI is InChI=1S/C14H21NO4S/c1-9(2)13(16)12(14(17)19-4)15-20(18)11-7-5-10(3)6-8-11/h5-9,12-13,15-16H,1-4H3. The summed E-state index contributed by atoms with van der Waals surface area (Å²) in [6.07, 6.45) is -0.975. The first-order valence-electron chi connectivity index (χ1n) is 6.37. The van der Waals surface area contributed by atoms with E-state index in [-0.39, 0.29) is 5.92 Å². The van der Waals surface area contributed by atoms with Crippen molar-refractivity contribution in [2.45, 2.75) is 37.8 Å². The number of hydrogen-bond acceptors (Lipinski definition) is 4. The topological polar surface area (TPSA) is 75.6 Å². The summed E-state index contributed by atoms with van der Waals surface area (Å²) in [4.78, 5) is 12.2. The van der Waals surface area contributed by atoms with E-state index >= 15 is 0 Å². The van der Waals surface area contributed by atoms with Gasteiger partial charge in [-0.15, -0.1) is 0 Å². The van der Waals surface area contributed by atoms with Gasteiger partial charge in [-0.05, 0) is 25.0 Å². The van der Waals surface area contributed by atoms with Crippen LogP contribution in [0.2, 0.25) is 0 Å². The number of methoxy groups -OCH3 is 1. The molecule has 0 amide bonds. The van der Waals surface area contributed by atoms with Crippen LogP contribution in [-0.2, 0) is 20.5 Å². The molecule has 0 fully saturated rings. The van der Waals surface area contributed by atoms with E-state index in [1.54, 1.807) is 26.0 Å². The van der Waals surface area contributed by atoms with Crippen LogP contribution < -0.4 is 4.72 Å². The minimum Gasteiger partial charge on any atom is -0.468 e. The van der Waals surface area contributed by atoms with Crippen LogP contribution >= 0.6 is 0 Å². The average Bonchev–Trinajstić information content (AvgIpc) is 2.43. The van der Waals surface area contributed by atoms with Crippen molar-refractivity contribution in [3.8, 4) is 0 Å². The van der Waals surface area contributed by atoms with Crippen LogP contribution in [0.5, 0.6) is 0 Å². The van der Waals surface area contributed by atoms with Crippen molar-refractivity contribution in [1.29, 1.82) is 0 Å². The molecule has 0 saturated heterocycles. The normalized spacial score (nSPS) is 15.7. The molecule has 5 nitrogen and oxygen atoms in total. The number of carbonyl (C=O) groups is 1. The van der Waals surface area contributed by atoms with Gasteiger partial charge in [0.1, 0.15) is 17.0 Å². The molecule has 1 rings (SSSR count). The zero-order valence-corrected chi connectivity index (χ0v) is 12.9. The Morgan fingerprint density at radius 1 is 1.30 bits per heavy atom. The summed E-state index contributed by atoms with van der Waals surface area (Å²) in [7, 11) is -0.357. The highest BCUT2D eigenvalue weighted by Gasteiger charge is 2.31. The molecule has 2 N–H and O–H groups in total. The number of hydrogen-bond donors (Lipinski definition) is 2. The van der Waals surface area contributed by atoms with Gasteiger partial charge in [0, 0.05) is 0 Å². The lowest BCUT2D eigenvalue weighted by Gasteiger charge is -2.24. The number of rotatable bonds is 6. The maximum Gasteiger partial charge on any atom is 0.326 e. The molecule has 1 aromatic rings. The molecule has 20 heavy (non-hydrogen) atoms. The van der Waals surface area contributed by atoms with Crippen molar-refractivity contribution in [2.24, 2.45) is 5.92 Å². The predicted octanol–water partition coefficient (Wildman–Crippen LogP) is 1.17. The van der Waals surface area contributed by atoms with Crippen molar-refractivity contribution < 1.29 is 18.8 Å². The van der Waals surface area contributed by atoms with Gasteiger partial charge in [-0.25, -0.2) is 8.93 Å². The van der Waals surface area contributed by atoms with Crippen LogP contribution in [0.4, 0.5) is 0 Å². The molecule has 0 heterocycles. The molecule has 0 radical (unpaired) electrons. The average molecular weight is 299 g/mol. The molecule has 0 aromatic heterocycles. The lowest BCUT2D eigenvalue weighted by Crippen LogP contribution is -2.49. The first kappa shape index (κ1) is 16.8. The molecule has 3 unspecified atom stereocenters. The first-order chi connectivity index (χ1) is 9.36. The quantitative estimate of drug-likeness (QED) is 0.773. The second-order valence-corrected chi connectivity index (χ2v) is 6.18. The Hall–Kier alpha value is -1.24. The van der Waals surface area contributed by atoms with Crippen molar-refractivity contribution in [1.82, 2.24) is 4.72 Å². The third-order valence-corrected chi connectivity index (χ3v) is 4.12. The van der Waals surface area contributed by atoms with Gasteiger partial charge in [-0.1, -0.05) is 31.5 Å². The monoisotopic (exact) mass is 299 g/mol. The number of ether oxygens (including phenoxy) is 1. The molecule has 0 bridgehead atoms. The SMILES string of the molecule is COC(=O)C(NS(=O)c1ccc(C)cc1)C(O)C(C)C. The molecule has 112 valence electrons. The Morgan fingerprint density at radius 3 is 2.30 bits per heavy atom. The van der Waals surface area contributed by atoms with Crippen molar-refractivity contribution in [2.75, 3.05) is 7.11 Å². The third-order valence-electron chi connectivity index (χ3n) is 2.95. The lowest BCUT2D eigenvalue weighted by molar-refractivity contribution is -0.146. The zero-order chi connectivity index (χ0) is 15.3. The molecule has 0 saturated carbocycles. The Balaban J connectivity index is 2.86. The Labute approximate surface area is 121 Å². The molecule has 0 aliphatic heterocycles. The lowest BCUT2D eigenvalue weighted by atomic mass is 10.0. The molecule has 3 atom stereocenters. The van der Waals surface area contributed by atoms with Crippen molar-refractivity contribution in [3.05, 3.63) is 29.8 Å². The van der Waals surface area contributed by atoms with E-state index in [0.717, 1.165) is 5.56 Å². The van der Waals surface area contributed by atoms with E-state index < -0.39 is 29.1 Å². The fraction of sp³-hybridized carbons (Fsp3) is 0.500. The smallest absolute Gasteiger partial charge is 0.326 e. The zero-order valence-electron chi connectivity index (χ0n) is 12.1. The van der Waals surface area contributed by atoms with Crippen LogP contribution in [0, 0.1) is 12.8 Å². The molecular formula is C14H21NO4S. The number of nitrogens with one attached hydrogen (secondary N) is 1. The van der Waals surface area contributed by atoms with E-state index in [9.17, 15) is 14.1 Å². The maximum absolute atomic E-state index is 12.2. The highest BCUT2D eigenvalue weighted by molar-refractivity contribution is 7.83. The minimum absolute atomic E-state index is 0.165.